The number of Topliss-reactive ketones (excluding diaryl/α,β-unsaturated/α-hetero) is 1. The van der Waals surface area contributed by atoms with Crippen molar-refractivity contribution < 1.29 is 48.7 Å². The van der Waals surface area contributed by atoms with E-state index >= 15 is 0 Å². The molecule has 0 spiro atoms. The second-order valence-electron chi connectivity index (χ2n) is 9.59. The van der Waals surface area contributed by atoms with E-state index in [2.05, 4.69) is 16.0 Å². The highest BCUT2D eigenvalue weighted by molar-refractivity contribution is 5.80. The number of rotatable bonds is 19. The quantitative estimate of drug-likeness (QED) is 0.0873. The van der Waals surface area contributed by atoms with Crippen LogP contribution >= 0.6 is 0 Å². The van der Waals surface area contributed by atoms with Gasteiger partial charge in [-0.3, -0.25) is 19.2 Å². The van der Waals surface area contributed by atoms with Crippen LogP contribution in [0.1, 0.15) is 65.7 Å². The lowest BCUT2D eigenvalue weighted by atomic mass is 9.97. The normalized spacial score (nSPS) is 23.2. The van der Waals surface area contributed by atoms with E-state index in [-0.39, 0.29) is 56.4 Å². The molecule has 1 fully saturated rings. The van der Waals surface area contributed by atoms with Gasteiger partial charge in [-0.1, -0.05) is 26.7 Å². The van der Waals surface area contributed by atoms with E-state index in [1.54, 1.807) is 0 Å². The summed E-state index contributed by atoms with van der Waals surface area (Å²) in [6.45, 7) is 4.65. The number of hydrogen-bond acceptors (Lipinski definition) is 10. The van der Waals surface area contributed by atoms with Crippen LogP contribution in [0.5, 0.6) is 0 Å². The van der Waals surface area contributed by atoms with Crippen molar-refractivity contribution >= 4 is 23.5 Å². The van der Waals surface area contributed by atoms with E-state index in [0.29, 0.717) is 12.8 Å². The summed E-state index contributed by atoms with van der Waals surface area (Å²) >= 11 is 0. The van der Waals surface area contributed by atoms with E-state index in [9.17, 15) is 34.5 Å². The first-order valence-corrected chi connectivity index (χ1v) is 13.2. The van der Waals surface area contributed by atoms with Gasteiger partial charge in [0.05, 0.1) is 19.8 Å². The third-order valence-corrected chi connectivity index (χ3v) is 6.03. The molecule has 0 aliphatic carbocycles. The Morgan fingerprint density at radius 2 is 1.55 bits per heavy atom. The Kier molecular flexibility index (Phi) is 16.9. The van der Waals surface area contributed by atoms with Gasteiger partial charge in [-0.2, -0.15) is 0 Å². The van der Waals surface area contributed by atoms with Crippen molar-refractivity contribution in [3.05, 3.63) is 0 Å². The molecule has 0 saturated carbocycles. The molecule has 38 heavy (non-hydrogen) atoms. The predicted octanol–water partition coefficient (Wildman–Crippen LogP) is -0.891. The molecule has 0 radical (unpaired) electrons. The SMILES string of the molecule is CC(=O)NC1C(OCCOCNC(=O)CCNC(=O)CCCCCCC(=O)C(C)C)OC(CO)C(O)C1O. The summed E-state index contributed by atoms with van der Waals surface area (Å²) in [5.74, 6) is -0.538. The van der Waals surface area contributed by atoms with Crippen LogP contribution < -0.4 is 16.0 Å². The van der Waals surface area contributed by atoms with Gasteiger partial charge in [0.25, 0.3) is 0 Å². The summed E-state index contributed by atoms with van der Waals surface area (Å²) in [5, 5.41) is 37.2. The van der Waals surface area contributed by atoms with E-state index in [1.807, 2.05) is 13.8 Å². The maximum absolute atomic E-state index is 11.9. The number of hydrogen-bond donors (Lipinski definition) is 6. The Hall–Kier alpha value is -2.16. The zero-order chi connectivity index (χ0) is 28.5. The maximum Gasteiger partial charge on any atom is 0.223 e. The van der Waals surface area contributed by atoms with Gasteiger partial charge >= 0.3 is 0 Å². The Morgan fingerprint density at radius 3 is 2.18 bits per heavy atom. The van der Waals surface area contributed by atoms with Crippen LogP contribution in [0.2, 0.25) is 0 Å². The Bertz CT molecular complexity index is 736. The number of aliphatic hydroxyl groups is 3. The topological polar surface area (TPSA) is 193 Å². The average Bonchev–Trinajstić information content (AvgIpc) is 2.86. The second-order valence-corrected chi connectivity index (χ2v) is 9.59. The monoisotopic (exact) mass is 547 g/mol. The molecule has 13 heteroatoms. The lowest BCUT2D eigenvalue weighted by Crippen LogP contribution is -2.64. The van der Waals surface area contributed by atoms with Crippen molar-refractivity contribution in [1.29, 1.82) is 0 Å². The van der Waals surface area contributed by atoms with Gasteiger partial charge in [0, 0.05) is 38.6 Å². The Labute approximate surface area is 224 Å². The summed E-state index contributed by atoms with van der Waals surface area (Å²) in [5.41, 5.74) is 0. The van der Waals surface area contributed by atoms with Crippen molar-refractivity contribution in [3.63, 3.8) is 0 Å². The Balaban J connectivity index is 2.11. The third kappa shape index (κ3) is 13.6. The first-order chi connectivity index (χ1) is 18.1. The van der Waals surface area contributed by atoms with Crippen molar-refractivity contribution in [3.8, 4) is 0 Å². The number of nitrogens with one attached hydrogen (secondary N) is 3. The number of unbranched alkanes of at least 4 members (excludes halogenated alkanes) is 3. The van der Waals surface area contributed by atoms with E-state index < -0.39 is 43.2 Å². The highest BCUT2D eigenvalue weighted by atomic mass is 16.7. The molecular formula is C25H45N3O10. The van der Waals surface area contributed by atoms with Crippen molar-refractivity contribution in [2.75, 3.05) is 33.1 Å². The van der Waals surface area contributed by atoms with Crippen LogP contribution in [-0.4, -0.2) is 103 Å². The van der Waals surface area contributed by atoms with Gasteiger partial charge < -0.3 is 45.5 Å². The molecule has 1 rings (SSSR count). The fourth-order valence-corrected chi connectivity index (χ4v) is 3.76. The minimum Gasteiger partial charge on any atom is -0.394 e. The van der Waals surface area contributed by atoms with Crippen molar-refractivity contribution in [2.24, 2.45) is 5.92 Å². The number of aliphatic hydroxyl groups excluding tert-OH is 3. The van der Waals surface area contributed by atoms with E-state index in [1.165, 1.54) is 6.92 Å². The maximum atomic E-state index is 11.9. The van der Waals surface area contributed by atoms with Crippen molar-refractivity contribution in [1.82, 2.24) is 16.0 Å². The zero-order valence-electron chi connectivity index (χ0n) is 22.6. The van der Waals surface area contributed by atoms with Gasteiger partial charge in [-0.05, 0) is 12.8 Å². The molecule has 0 bridgehead atoms. The van der Waals surface area contributed by atoms with Gasteiger partial charge in [-0.15, -0.1) is 0 Å². The smallest absolute Gasteiger partial charge is 0.223 e. The standard InChI is InChI=1S/C25H45N3O10/c1-16(2)18(31)8-6-4-5-7-9-20(32)26-11-10-21(33)27-15-36-12-13-37-25-22(28-17(3)30)24(35)23(34)19(14-29)38-25/h16,19,22-25,29,34-35H,4-15H2,1-3H3,(H,26,32)(H,27,33)(H,28,30). The zero-order valence-corrected chi connectivity index (χ0v) is 22.6. The third-order valence-electron chi connectivity index (χ3n) is 6.03. The van der Waals surface area contributed by atoms with Crippen LogP contribution in [0.4, 0.5) is 0 Å². The molecule has 5 atom stereocenters. The lowest BCUT2D eigenvalue weighted by Gasteiger charge is -2.42. The molecule has 0 aromatic rings. The number of carbonyl (C=O) groups excluding carboxylic acids is 4. The number of ketones is 1. The second kappa shape index (κ2) is 19.0. The summed E-state index contributed by atoms with van der Waals surface area (Å²) in [4.78, 5) is 46.7. The van der Waals surface area contributed by atoms with E-state index in [0.717, 1.165) is 25.7 Å². The van der Waals surface area contributed by atoms with Crippen LogP contribution in [-0.2, 0) is 33.4 Å². The molecule has 1 saturated heterocycles. The molecule has 220 valence electrons. The molecule has 5 unspecified atom stereocenters. The van der Waals surface area contributed by atoms with Crippen LogP contribution in [0.25, 0.3) is 0 Å². The molecule has 0 aromatic carbocycles. The van der Waals surface area contributed by atoms with Gasteiger partial charge in [-0.25, -0.2) is 0 Å². The highest BCUT2D eigenvalue weighted by Crippen LogP contribution is 2.22. The number of amides is 3. The molecule has 1 heterocycles. The molecule has 0 aromatic heterocycles. The largest absolute Gasteiger partial charge is 0.394 e. The highest BCUT2D eigenvalue weighted by Gasteiger charge is 2.45. The van der Waals surface area contributed by atoms with Crippen molar-refractivity contribution in [2.45, 2.75) is 96.4 Å². The lowest BCUT2D eigenvalue weighted by molar-refractivity contribution is -0.272. The van der Waals surface area contributed by atoms with Gasteiger partial charge in [0.15, 0.2) is 6.29 Å². The average molecular weight is 548 g/mol. The number of carbonyl (C=O) groups is 4. The fourth-order valence-electron chi connectivity index (χ4n) is 3.76. The van der Waals surface area contributed by atoms with Crippen LogP contribution in [0, 0.1) is 5.92 Å². The van der Waals surface area contributed by atoms with Gasteiger partial charge in [0.1, 0.15) is 36.9 Å². The van der Waals surface area contributed by atoms with Crippen LogP contribution in [0.15, 0.2) is 0 Å². The summed E-state index contributed by atoms with van der Waals surface area (Å²) in [6.07, 6.45) is -0.555. The molecule has 6 N–H and O–H groups in total. The minimum absolute atomic E-state index is 0.0122. The molecule has 13 nitrogen and oxygen atoms in total. The molecular weight excluding hydrogens is 502 g/mol. The summed E-state index contributed by atoms with van der Waals surface area (Å²) < 4.78 is 16.2. The predicted molar refractivity (Wildman–Crippen MR) is 135 cm³/mol. The van der Waals surface area contributed by atoms with Crippen LogP contribution in [0.3, 0.4) is 0 Å². The fraction of sp³-hybridized carbons (Fsp3) is 0.840. The van der Waals surface area contributed by atoms with Gasteiger partial charge in [0.2, 0.25) is 17.7 Å². The molecule has 1 aliphatic rings. The first kappa shape index (κ1) is 33.9. The summed E-state index contributed by atoms with van der Waals surface area (Å²) in [6, 6.07) is -1.04. The number of ether oxygens (including phenoxy) is 3. The Morgan fingerprint density at radius 1 is 0.895 bits per heavy atom. The van der Waals surface area contributed by atoms with E-state index in [4.69, 9.17) is 14.2 Å². The molecule has 1 aliphatic heterocycles. The minimum atomic E-state index is -1.40. The summed E-state index contributed by atoms with van der Waals surface area (Å²) in [7, 11) is 0. The first-order valence-electron chi connectivity index (χ1n) is 13.2. The molecule has 3 amide bonds.